The molecule has 0 fully saturated rings. The van der Waals surface area contributed by atoms with Crippen LogP contribution in [0.3, 0.4) is 0 Å². The van der Waals surface area contributed by atoms with E-state index in [1.54, 1.807) is 6.07 Å². The molecule has 0 saturated carbocycles. The summed E-state index contributed by atoms with van der Waals surface area (Å²) in [6, 6.07) is 5.36. The van der Waals surface area contributed by atoms with E-state index in [1.807, 2.05) is 0 Å². The van der Waals surface area contributed by atoms with E-state index in [0.717, 1.165) is 6.07 Å². The Hall–Kier alpha value is -1.60. The summed E-state index contributed by atoms with van der Waals surface area (Å²) in [7, 11) is 0. The summed E-state index contributed by atoms with van der Waals surface area (Å²) in [5.74, 6) is -2.24. The lowest BCUT2D eigenvalue weighted by atomic mass is 10.3. The SMILES string of the molecule is NC(=S)c1ccc(Oc2cc(Br)cc(F)c2F)nc1. The predicted molar refractivity (Wildman–Crippen MR) is 74.3 cm³/mol. The van der Waals surface area contributed by atoms with Crippen molar-refractivity contribution in [2.75, 3.05) is 0 Å². The molecule has 0 aliphatic rings. The van der Waals surface area contributed by atoms with E-state index >= 15 is 0 Å². The second kappa shape index (κ2) is 5.58. The minimum atomic E-state index is -1.08. The average Bonchev–Trinajstić information content (AvgIpc) is 2.36. The van der Waals surface area contributed by atoms with Crippen LogP contribution in [0, 0.1) is 11.6 Å². The van der Waals surface area contributed by atoms with Gasteiger partial charge in [-0.05, 0) is 18.2 Å². The van der Waals surface area contributed by atoms with Crippen LogP contribution >= 0.6 is 28.1 Å². The Labute approximate surface area is 121 Å². The summed E-state index contributed by atoms with van der Waals surface area (Å²) in [5, 5.41) is 0. The molecule has 0 saturated heterocycles. The molecule has 1 aromatic carbocycles. The Morgan fingerprint density at radius 1 is 1.32 bits per heavy atom. The first-order chi connectivity index (χ1) is 8.97. The number of nitrogens with two attached hydrogens (primary N) is 1. The number of benzene rings is 1. The van der Waals surface area contributed by atoms with Crippen LogP contribution < -0.4 is 10.5 Å². The first kappa shape index (κ1) is 13.8. The number of nitrogens with zero attached hydrogens (tertiary/aromatic N) is 1. The summed E-state index contributed by atoms with van der Waals surface area (Å²) in [6.07, 6.45) is 1.39. The largest absolute Gasteiger partial charge is 0.436 e. The fourth-order valence-electron chi connectivity index (χ4n) is 1.31. The maximum atomic E-state index is 13.5. The highest BCUT2D eigenvalue weighted by atomic mass is 79.9. The third kappa shape index (κ3) is 3.24. The molecule has 1 aromatic heterocycles. The number of rotatable bonds is 3. The van der Waals surface area contributed by atoms with E-state index in [1.165, 1.54) is 18.3 Å². The molecule has 0 atom stereocenters. The molecule has 1 heterocycles. The van der Waals surface area contributed by atoms with Crippen LogP contribution in [0.5, 0.6) is 11.6 Å². The average molecular weight is 345 g/mol. The molecule has 0 unspecified atom stereocenters. The van der Waals surface area contributed by atoms with Crippen molar-refractivity contribution in [2.24, 2.45) is 5.73 Å². The zero-order valence-electron chi connectivity index (χ0n) is 9.36. The van der Waals surface area contributed by atoms with Crippen molar-refractivity contribution in [1.82, 2.24) is 4.98 Å². The normalized spacial score (nSPS) is 10.3. The van der Waals surface area contributed by atoms with Gasteiger partial charge in [0.25, 0.3) is 0 Å². The van der Waals surface area contributed by atoms with Crippen LogP contribution in [0.2, 0.25) is 0 Å². The van der Waals surface area contributed by atoms with E-state index < -0.39 is 11.6 Å². The van der Waals surface area contributed by atoms with Crippen LogP contribution in [0.15, 0.2) is 34.9 Å². The molecule has 19 heavy (non-hydrogen) atoms. The summed E-state index contributed by atoms with van der Waals surface area (Å²) in [4.78, 5) is 4.09. The van der Waals surface area contributed by atoms with Gasteiger partial charge in [-0.1, -0.05) is 28.1 Å². The van der Waals surface area contributed by atoms with Crippen molar-refractivity contribution in [3.8, 4) is 11.6 Å². The minimum absolute atomic E-state index is 0.108. The minimum Gasteiger partial charge on any atom is -0.436 e. The van der Waals surface area contributed by atoms with Gasteiger partial charge in [-0.25, -0.2) is 9.37 Å². The highest BCUT2D eigenvalue weighted by Crippen LogP contribution is 2.28. The molecular weight excluding hydrogens is 338 g/mol. The molecule has 0 spiro atoms. The first-order valence-corrected chi connectivity index (χ1v) is 6.26. The van der Waals surface area contributed by atoms with Crippen LogP contribution in [0.1, 0.15) is 5.56 Å². The van der Waals surface area contributed by atoms with E-state index in [9.17, 15) is 8.78 Å². The molecule has 0 aliphatic heterocycles. The predicted octanol–water partition coefficient (Wildman–Crippen LogP) is 3.55. The standard InChI is InChI=1S/C12H7BrF2N2OS/c13-7-3-8(14)11(15)9(4-7)18-10-2-1-6(5-17-10)12(16)19/h1-5H,(H2,16,19). The van der Waals surface area contributed by atoms with E-state index in [0.29, 0.717) is 10.0 Å². The smallest absolute Gasteiger partial charge is 0.219 e. The molecule has 0 aliphatic carbocycles. The molecule has 0 bridgehead atoms. The number of aromatic nitrogens is 1. The Kier molecular flexibility index (Phi) is 4.06. The van der Waals surface area contributed by atoms with Gasteiger partial charge >= 0.3 is 0 Å². The molecule has 2 rings (SSSR count). The van der Waals surface area contributed by atoms with Gasteiger partial charge in [0.15, 0.2) is 11.6 Å². The van der Waals surface area contributed by atoms with Gasteiger partial charge in [-0.3, -0.25) is 0 Å². The van der Waals surface area contributed by atoms with Gasteiger partial charge in [0.2, 0.25) is 11.7 Å². The highest BCUT2D eigenvalue weighted by Gasteiger charge is 2.12. The number of thiocarbonyl (C=S) groups is 1. The highest BCUT2D eigenvalue weighted by molar-refractivity contribution is 9.10. The summed E-state index contributed by atoms with van der Waals surface area (Å²) in [6.45, 7) is 0. The third-order valence-corrected chi connectivity index (χ3v) is 2.89. The van der Waals surface area contributed by atoms with Gasteiger partial charge in [0.05, 0.1) is 0 Å². The first-order valence-electron chi connectivity index (χ1n) is 5.05. The van der Waals surface area contributed by atoms with Gasteiger partial charge < -0.3 is 10.5 Å². The van der Waals surface area contributed by atoms with Crippen LogP contribution in [-0.4, -0.2) is 9.97 Å². The number of halogens is 3. The zero-order valence-corrected chi connectivity index (χ0v) is 11.8. The lowest BCUT2D eigenvalue weighted by Gasteiger charge is -2.07. The lowest BCUT2D eigenvalue weighted by Crippen LogP contribution is -2.09. The molecule has 2 aromatic rings. The van der Waals surface area contributed by atoms with Crippen LogP contribution in [-0.2, 0) is 0 Å². The molecule has 0 amide bonds. The zero-order chi connectivity index (χ0) is 14.0. The van der Waals surface area contributed by atoms with Crippen LogP contribution in [0.25, 0.3) is 0 Å². The van der Waals surface area contributed by atoms with Crippen molar-refractivity contribution in [3.63, 3.8) is 0 Å². The molecular formula is C12H7BrF2N2OS. The maximum Gasteiger partial charge on any atom is 0.219 e. The number of hydrogen-bond donors (Lipinski definition) is 1. The Bertz CT molecular complexity index is 634. The molecule has 0 radical (unpaired) electrons. The summed E-state index contributed by atoms with van der Waals surface area (Å²) >= 11 is 7.82. The van der Waals surface area contributed by atoms with Gasteiger partial charge in [0, 0.05) is 22.3 Å². The lowest BCUT2D eigenvalue weighted by molar-refractivity contribution is 0.405. The molecule has 2 N–H and O–H groups in total. The topological polar surface area (TPSA) is 48.1 Å². The second-order valence-corrected chi connectivity index (χ2v) is 4.91. The van der Waals surface area contributed by atoms with Gasteiger partial charge in [0.1, 0.15) is 4.99 Å². The quantitative estimate of drug-likeness (QED) is 0.683. The molecule has 98 valence electrons. The second-order valence-electron chi connectivity index (χ2n) is 3.55. The number of hydrogen-bond acceptors (Lipinski definition) is 3. The number of ether oxygens (including phenoxy) is 1. The Morgan fingerprint density at radius 2 is 2.05 bits per heavy atom. The van der Waals surface area contributed by atoms with Crippen molar-refractivity contribution in [2.45, 2.75) is 0 Å². The van der Waals surface area contributed by atoms with Crippen LogP contribution in [0.4, 0.5) is 8.78 Å². The Balaban J connectivity index is 2.28. The van der Waals surface area contributed by atoms with E-state index in [2.05, 4.69) is 20.9 Å². The van der Waals surface area contributed by atoms with Gasteiger partial charge in [-0.15, -0.1) is 0 Å². The van der Waals surface area contributed by atoms with Crippen molar-refractivity contribution in [1.29, 1.82) is 0 Å². The monoisotopic (exact) mass is 344 g/mol. The van der Waals surface area contributed by atoms with Gasteiger partial charge in [-0.2, -0.15) is 4.39 Å². The molecule has 7 heteroatoms. The van der Waals surface area contributed by atoms with Crippen molar-refractivity contribution in [3.05, 3.63) is 52.1 Å². The number of pyridine rings is 1. The van der Waals surface area contributed by atoms with Crippen molar-refractivity contribution >= 4 is 33.1 Å². The summed E-state index contributed by atoms with van der Waals surface area (Å²) in [5.41, 5.74) is 5.97. The Morgan fingerprint density at radius 3 is 2.63 bits per heavy atom. The maximum absolute atomic E-state index is 13.5. The van der Waals surface area contributed by atoms with Crippen molar-refractivity contribution < 1.29 is 13.5 Å². The molecule has 3 nitrogen and oxygen atoms in total. The van der Waals surface area contributed by atoms with E-state index in [-0.39, 0.29) is 16.6 Å². The fourth-order valence-corrected chi connectivity index (χ4v) is 1.84. The third-order valence-electron chi connectivity index (χ3n) is 2.19. The van der Waals surface area contributed by atoms with E-state index in [4.69, 9.17) is 22.7 Å². The fraction of sp³-hybridized carbons (Fsp3) is 0. The summed E-state index contributed by atoms with van der Waals surface area (Å²) < 4.78 is 32.2.